The number of aromatic nitrogens is 2. The monoisotopic (exact) mass is 348 g/mol. The summed E-state index contributed by atoms with van der Waals surface area (Å²) in [4.78, 5) is 30.7. The molecule has 130 valence electrons. The van der Waals surface area contributed by atoms with Gasteiger partial charge in [-0.05, 0) is 38.2 Å². The first-order valence-corrected chi connectivity index (χ1v) is 9.18. The van der Waals surface area contributed by atoms with Crippen LogP contribution in [-0.4, -0.2) is 45.7 Å². The Morgan fingerprint density at radius 3 is 2.67 bits per heavy atom. The molecule has 6 nitrogen and oxygen atoms in total. The SMILES string of the molecule is CCN(CC)CCCn1c(SCC(N)=O)nc2ccccc2c1=O. The van der Waals surface area contributed by atoms with Gasteiger partial charge in [-0.2, -0.15) is 0 Å². The second-order valence-corrected chi connectivity index (χ2v) is 6.45. The van der Waals surface area contributed by atoms with Crippen molar-refractivity contribution in [3.05, 3.63) is 34.6 Å². The van der Waals surface area contributed by atoms with Crippen LogP contribution in [-0.2, 0) is 11.3 Å². The number of hydrogen-bond acceptors (Lipinski definition) is 5. The van der Waals surface area contributed by atoms with Crippen molar-refractivity contribution in [3.63, 3.8) is 0 Å². The number of fused-ring (bicyclic) bond motifs is 1. The van der Waals surface area contributed by atoms with Gasteiger partial charge in [0.15, 0.2) is 5.16 Å². The number of thioether (sulfide) groups is 1. The van der Waals surface area contributed by atoms with Crippen molar-refractivity contribution < 1.29 is 4.79 Å². The number of carbonyl (C=O) groups is 1. The molecule has 0 saturated carbocycles. The van der Waals surface area contributed by atoms with Gasteiger partial charge in [-0.25, -0.2) is 4.98 Å². The molecule has 0 spiro atoms. The van der Waals surface area contributed by atoms with Crippen LogP contribution in [0.25, 0.3) is 10.9 Å². The lowest BCUT2D eigenvalue weighted by molar-refractivity contribution is -0.115. The number of rotatable bonds is 9. The minimum Gasteiger partial charge on any atom is -0.369 e. The standard InChI is InChI=1S/C17H24N4O2S/c1-3-20(4-2)10-7-11-21-16(23)13-8-5-6-9-14(13)19-17(21)24-12-15(18)22/h5-6,8-9H,3-4,7,10-12H2,1-2H3,(H2,18,22). The van der Waals surface area contributed by atoms with Gasteiger partial charge in [0.05, 0.1) is 16.7 Å². The number of amides is 1. The van der Waals surface area contributed by atoms with Crippen LogP contribution in [0.4, 0.5) is 0 Å². The molecule has 0 aliphatic heterocycles. The molecule has 0 radical (unpaired) electrons. The number of carbonyl (C=O) groups excluding carboxylic acids is 1. The van der Waals surface area contributed by atoms with Crippen molar-refractivity contribution in [1.82, 2.24) is 14.5 Å². The Kier molecular flexibility index (Phi) is 6.81. The minimum absolute atomic E-state index is 0.0629. The van der Waals surface area contributed by atoms with E-state index in [1.807, 2.05) is 18.2 Å². The molecule has 0 unspecified atom stereocenters. The molecule has 0 aliphatic rings. The first-order chi connectivity index (χ1) is 11.6. The fourth-order valence-electron chi connectivity index (χ4n) is 2.58. The van der Waals surface area contributed by atoms with E-state index in [2.05, 4.69) is 23.7 Å². The van der Waals surface area contributed by atoms with Crippen LogP contribution in [0.15, 0.2) is 34.2 Å². The Hall–Kier alpha value is -1.86. The highest BCUT2D eigenvalue weighted by Gasteiger charge is 2.12. The molecular formula is C17H24N4O2S. The molecule has 1 aromatic carbocycles. The molecule has 7 heteroatoms. The summed E-state index contributed by atoms with van der Waals surface area (Å²) in [5.41, 5.74) is 5.82. The smallest absolute Gasteiger partial charge is 0.262 e. The van der Waals surface area contributed by atoms with Crippen molar-refractivity contribution in [1.29, 1.82) is 0 Å². The zero-order chi connectivity index (χ0) is 17.5. The molecule has 0 fully saturated rings. The Bertz CT molecular complexity index is 756. The highest BCUT2D eigenvalue weighted by Crippen LogP contribution is 2.17. The zero-order valence-electron chi connectivity index (χ0n) is 14.2. The fourth-order valence-corrected chi connectivity index (χ4v) is 3.35. The molecule has 0 saturated heterocycles. The van der Waals surface area contributed by atoms with Gasteiger partial charge in [-0.3, -0.25) is 14.2 Å². The van der Waals surface area contributed by atoms with Crippen molar-refractivity contribution in [3.8, 4) is 0 Å². The summed E-state index contributed by atoms with van der Waals surface area (Å²) in [5, 5.41) is 1.15. The van der Waals surface area contributed by atoms with Gasteiger partial charge >= 0.3 is 0 Å². The van der Waals surface area contributed by atoms with E-state index >= 15 is 0 Å². The van der Waals surface area contributed by atoms with Gasteiger partial charge in [0.25, 0.3) is 5.56 Å². The van der Waals surface area contributed by atoms with Crippen LogP contribution < -0.4 is 11.3 Å². The second kappa shape index (κ2) is 8.84. The summed E-state index contributed by atoms with van der Waals surface area (Å²) < 4.78 is 1.67. The first kappa shape index (κ1) is 18.5. The molecule has 2 rings (SSSR count). The number of benzene rings is 1. The predicted molar refractivity (Wildman–Crippen MR) is 98.3 cm³/mol. The Morgan fingerprint density at radius 1 is 1.29 bits per heavy atom. The van der Waals surface area contributed by atoms with Crippen LogP contribution in [0.5, 0.6) is 0 Å². The van der Waals surface area contributed by atoms with Crippen LogP contribution in [0.2, 0.25) is 0 Å². The predicted octanol–water partition coefficient (Wildman–Crippen LogP) is 1.71. The van der Waals surface area contributed by atoms with E-state index in [4.69, 9.17) is 5.73 Å². The summed E-state index contributed by atoms with van der Waals surface area (Å²) in [6.45, 7) is 7.73. The Balaban J connectivity index is 2.29. The maximum absolute atomic E-state index is 12.8. The summed E-state index contributed by atoms with van der Waals surface area (Å²) >= 11 is 1.22. The van der Waals surface area contributed by atoms with E-state index in [0.717, 1.165) is 26.1 Å². The third kappa shape index (κ3) is 4.58. The lowest BCUT2D eigenvalue weighted by atomic mass is 10.2. The molecule has 0 bridgehead atoms. The molecular weight excluding hydrogens is 324 g/mol. The number of hydrogen-bond donors (Lipinski definition) is 1. The van der Waals surface area contributed by atoms with Gasteiger partial charge in [0, 0.05) is 6.54 Å². The molecule has 0 atom stereocenters. The highest BCUT2D eigenvalue weighted by atomic mass is 32.2. The van der Waals surface area contributed by atoms with Gasteiger partial charge in [-0.15, -0.1) is 0 Å². The summed E-state index contributed by atoms with van der Waals surface area (Å²) in [5.74, 6) is -0.307. The van der Waals surface area contributed by atoms with E-state index in [9.17, 15) is 9.59 Å². The summed E-state index contributed by atoms with van der Waals surface area (Å²) in [6, 6.07) is 7.28. The quantitative estimate of drug-likeness (QED) is 0.551. The Morgan fingerprint density at radius 2 is 2.00 bits per heavy atom. The van der Waals surface area contributed by atoms with Crippen LogP contribution in [0.1, 0.15) is 20.3 Å². The third-order valence-electron chi connectivity index (χ3n) is 3.92. The van der Waals surface area contributed by atoms with Gasteiger partial charge in [-0.1, -0.05) is 37.7 Å². The van der Waals surface area contributed by atoms with Crippen LogP contribution >= 0.6 is 11.8 Å². The van der Waals surface area contributed by atoms with E-state index in [1.165, 1.54) is 11.8 Å². The maximum Gasteiger partial charge on any atom is 0.262 e. The molecule has 1 aromatic heterocycles. The number of para-hydroxylation sites is 1. The fraction of sp³-hybridized carbons (Fsp3) is 0.471. The molecule has 0 aliphatic carbocycles. The zero-order valence-corrected chi connectivity index (χ0v) is 15.0. The number of nitrogens with two attached hydrogens (primary N) is 1. The van der Waals surface area contributed by atoms with Crippen LogP contribution in [0, 0.1) is 0 Å². The molecule has 1 heterocycles. The molecule has 2 aromatic rings. The second-order valence-electron chi connectivity index (χ2n) is 5.50. The largest absolute Gasteiger partial charge is 0.369 e. The average Bonchev–Trinajstić information content (AvgIpc) is 2.58. The highest BCUT2D eigenvalue weighted by molar-refractivity contribution is 7.99. The van der Waals surface area contributed by atoms with E-state index in [0.29, 0.717) is 22.6 Å². The Labute approximate surface area is 146 Å². The minimum atomic E-state index is -0.419. The van der Waals surface area contributed by atoms with Crippen molar-refractivity contribution in [2.24, 2.45) is 5.73 Å². The molecule has 1 amide bonds. The molecule has 2 N–H and O–H groups in total. The third-order valence-corrected chi connectivity index (χ3v) is 4.92. The van der Waals surface area contributed by atoms with E-state index < -0.39 is 5.91 Å². The van der Waals surface area contributed by atoms with E-state index in [-0.39, 0.29) is 11.3 Å². The van der Waals surface area contributed by atoms with E-state index in [1.54, 1.807) is 10.6 Å². The van der Waals surface area contributed by atoms with Crippen molar-refractivity contribution >= 4 is 28.6 Å². The van der Waals surface area contributed by atoms with Crippen molar-refractivity contribution in [2.75, 3.05) is 25.4 Å². The van der Waals surface area contributed by atoms with Crippen LogP contribution in [0.3, 0.4) is 0 Å². The van der Waals surface area contributed by atoms with Crippen molar-refractivity contribution in [2.45, 2.75) is 32.0 Å². The maximum atomic E-state index is 12.8. The lowest BCUT2D eigenvalue weighted by Crippen LogP contribution is -2.28. The van der Waals surface area contributed by atoms with Gasteiger partial charge < -0.3 is 10.6 Å². The number of nitrogens with zero attached hydrogens (tertiary/aromatic N) is 3. The first-order valence-electron chi connectivity index (χ1n) is 8.19. The van der Waals surface area contributed by atoms with Gasteiger partial charge in [0.2, 0.25) is 5.91 Å². The van der Waals surface area contributed by atoms with Gasteiger partial charge in [0.1, 0.15) is 0 Å². The number of primary amides is 1. The lowest BCUT2D eigenvalue weighted by Gasteiger charge is -2.19. The topological polar surface area (TPSA) is 81.2 Å². The summed E-state index contributed by atoms with van der Waals surface area (Å²) in [7, 11) is 0. The average molecular weight is 348 g/mol. The normalized spacial score (nSPS) is 11.3. The summed E-state index contributed by atoms with van der Waals surface area (Å²) in [6.07, 6.45) is 0.853. The molecule has 24 heavy (non-hydrogen) atoms.